The third kappa shape index (κ3) is 3.73. The number of aromatic nitrogens is 1. The van der Waals surface area contributed by atoms with Gasteiger partial charge in [-0.15, -0.1) is 0 Å². The highest BCUT2D eigenvalue weighted by molar-refractivity contribution is 5.78. The molecule has 0 fully saturated rings. The Hall–Kier alpha value is -3.74. The van der Waals surface area contributed by atoms with Crippen molar-refractivity contribution < 1.29 is 18.9 Å². The lowest BCUT2D eigenvalue weighted by Crippen LogP contribution is -2.31. The van der Waals surface area contributed by atoms with Crippen LogP contribution in [0.3, 0.4) is 0 Å². The van der Waals surface area contributed by atoms with E-state index in [-0.39, 0.29) is 18.0 Å². The second kappa shape index (κ2) is 7.69. The van der Waals surface area contributed by atoms with Gasteiger partial charge in [-0.2, -0.15) is 0 Å². The van der Waals surface area contributed by atoms with Gasteiger partial charge in [0.15, 0.2) is 5.54 Å². The molecule has 3 aromatic rings. The quantitative estimate of drug-likeness (QED) is 0.616. The van der Waals surface area contributed by atoms with Crippen LogP contribution in [0.4, 0.5) is 0 Å². The van der Waals surface area contributed by atoms with Crippen LogP contribution in [0.1, 0.15) is 31.9 Å². The van der Waals surface area contributed by atoms with Gasteiger partial charge < -0.3 is 24.7 Å². The summed E-state index contributed by atoms with van der Waals surface area (Å²) in [4.78, 5) is 9.05. The Bertz CT molecular complexity index is 1250. The molecule has 2 aromatic carbocycles. The van der Waals surface area contributed by atoms with Gasteiger partial charge in [0, 0.05) is 29.1 Å². The van der Waals surface area contributed by atoms with Crippen molar-refractivity contribution in [3.8, 4) is 34.1 Å². The normalized spacial score (nSPS) is 18.6. The van der Waals surface area contributed by atoms with Crippen molar-refractivity contribution >= 4 is 6.02 Å². The highest BCUT2D eigenvalue weighted by atomic mass is 16.5. The minimum Gasteiger partial charge on any atom is -0.496 e. The number of rotatable bonds is 4. The van der Waals surface area contributed by atoms with E-state index in [2.05, 4.69) is 25.8 Å². The van der Waals surface area contributed by atoms with E-state index in [0.717, 1.165) is 33.8 Å². The number of pyridine rings is 1. The average Bonchev–Trinajstić information content (AvgIpc) is 3.19. The number of benzene rings is 2. The van der Waals surface area contributed by atoms with Crippen LogP contribution in [0.2, 0.25) is 0 Å². The van der Waals surface area contributed by atoms with Crippen LogP contribution in [0.25, 0.3) is 11.1 Å². The van der Waals surface area contributed by atoms with Crippen LogP contribution >= 0.6 is 0 Å². The summed E-state index contributed by atoms with van der Waals surface area (Å²) < 4.78 is 23.6. The van der Waals surface area contributed by atoms with Crippen LogP contribution in [0, 0.1) is 5.41 Å². The fraction of sp³-hybridized carbons (Fsp3) is 0.308. The second-order valence-corrected chi connectivity index (χ2v) is 9.50. The van der Waals surface area contributed by atoms with E-state index >= 15 is 0 Å². The van der Waals surface area contributed by atoms with E-state index in [4.69, 9.17) is 29.7 Å². The van der Waals surface area contributed by atoms with Gasteiger partial charge in [-0.3, -0.25) is 4.98 Å². The molecule has 2 aliphatic rings. The van der Waals surface area contributed by atoms with Crippen LogP contribution < -0.4 is 19.9 Å². The first-order valence-electron chi connectivity index (χ1n) is 10.9. The van der Waals surface area contributed by atoms with Crippen molar-refractivity contribution in [1.82, 2.24) is 4.98 Å². The zero-order valence-electron chi connectivity index (χ0n) is 19.2. The van der Waals surface area contributed by atoms with Crippen molar-refractivity contribution in [3.05, 3.63) is 66.0 Å². The summed E-state index contributed by atoms with van der Waals surface area (Å²) in [6, 6.07) is 13.8. The Morgan fingerprint density at radius 3 is 2.52 bits per heavy atom. The minimum absolute atomic E-state index is 0.0351. The molecule has 0 saturated carbocycles. The van der Waals surface area contributed by atoms with Gasteiger partial charge in [0.2, 0.25) is 0 Å². The summed E-state index contributed by atoms with van der Waals surface area (Å²) in [5.41, 5.74) is 8.77. The molecule has 170 valence electrons. The summed E-state index contributed by atoms with van der Waals surface area (Å²) in [6.45, 7) is 7.27. The predicted octanol–water partition coefficient (Wildman–Crippen LogP) is 4.88. The molecule has 2 aliphatic heterocycles. The number of fused-ring (bicyclic) bond motifs is 4. The molecule has 0 aliphatic carbocycles. The molecule has 0 amide bonds. The molecule has 33 heavy (non-hydrogen) atoms. The van der Waals surface area contributed by atoms with Crippen LogP contribution in [-0.4, -0.2) is 31.3 Å². The number of ether oxygens (including phenoxy) is 4. The lowest BCUT2D eigenvalue weighted by molar-refractivity contribution is 0.197. The number of aliphatic imine (C=N–C) groups is 1. The monoisotopic (exact) mass is 445 g/mol. The third-order valence-electron chi connectivity index (χ3n) is 5.76. The van der Waals surface area contributed by atoms with Gasteiger partial charge >= 0.3 is 0 Å². The van der Waals surface area contributed by atoms with Crippen molar-refractivity contribution in [3.63, 3.8) is 0 Å². The maximum atomic E-state index is 6.28. The fourth-order valence-corrected chi connectivity index (χ4v) is 4.17. The molecule has 0 bridgehead atoms. The smallest absolute Gasteiger partial charge is 0.283 e. The minimum atomic E-state index is -0.834. The Balaban J connectivity index is 1.64. The number of hydrogen-bond donors (Lipinski definition) is 1. The van der Waals surface area contributed by atoms with Gasteiger partial charge in [-0.05, 0) is 47.4 Å². The van der Waals surface area contributed by atoms with E-state index in [0.29, 0.717) is 18.1 Å². The third-order valence-corrected chi connectivity index (χ3v) is 5.76. The molecule has 7 heteroatoms. The van der Waals surface area contributed by atoms with Crippen molar-refractivity contribution in [2.24, 2.45) is 16.1 Å². The number of amidine groups is 1. The predicted molar refractivity (Wildman–Crippen MR) is 126 cm³/mol. The summed E-state index contributed by atoms with van der Waals surface area (Å²) in [5, 5.41) is 0. The molecule has 0 radical (unpaired) electrons. The maximum absolute atomic E-state index is 6.28. The molecule has 0 unspecified atom stereocenters. The van der Waals surface area contributed by atoms with Gasteiger partial charge in [-0.25, -0.2) is 4.99 Å². The fourth-order valence-electron chi connectivity index (χ4n) is 4.17. The lowest BCUT2D eigenvalue weighted by Gasteiger charge is -2.34. The Labute approximate surface area is 193 Å². The average molecular weight is 446 g/mol. The number of hydrogen-bond acceptors (Lipinski definition) is 7. The summed E-state index contributed by atoms with van der Waals surface area (Å²) in [6.07, 6.45) is 3.49. The van der Waals surface area contributed by atoms with E-state index in [1.807, 2.05) is 42.5 Å². The summed E-state index contributed by atoms with van der Waals surface area (Å²) >= 11 is 0. The van der Waals surface area contributed by atoms with Gasteiger partial charge in [0.05, 0.1) is 13.7 Å². The van der Waals surface area contributed by atoms with E-state index in [1.54, 1.807) is 19.5 Å². The van der Waals surface area contributed by atoms with Gasteiger partial charge in [0.1, 0.15) is 29.6 Å². The zero-order chi connectivity index (χ0) is 23.2. The molecular weight excluding hydrogens is 418 g/mol. The number of nitrogens with zero attached hydrogens (tertiary/aromatic N) is 2. The second-order valence-electron chi connectivity index (χ2n) is 9.50. The van der Waals surface area contributed by atoms with Crippen LogP contribution in [-0.2, 0) is 10.3 Å². The molecule has 0 saturated heterocycles. The lowest BCUT2D eigenvalue weighted by atomic mass is 9.80. The standard InChI is InChI=1S/C26H27N3O4/c1-25(2,3)14-31-17-6-8-23-20(12-17)26(15-32-24(27)29-26)19-11-16(5-7-22(19)33-23)18-13-28-10-9-21(18)30-4/h5-13H,14-15H2,1-4H3,(H2,27,29)/t26-/m1/s1. The summed E-state index contributed by atoms with van der Waals surface area (Å²) in [7, 11) is 1.65. The van der Waals surface area contributed by atoms with E-state index in [9.17, 15) is 0 Å². The highest BCUT2D eigenvalue weighted by Gasteiger charge is 2.47. The molecule has 1 aromatic heterocycles. The molecule has 2 N–H and O–H groups in total. The van der Waals surface area contributed by atoms with Crippen LogP contribution in [0.15, 0.2) is 59.9 Å². The molecular formula is C26H27N3O4. The molecule has 5 rings (SSSR count). The van der Waals surface area contributed by atoms with E-state index in [1.165, 1.54) is 0 Å². The Morgan fingerprint density at radius 1 is 1.06 bits per heavy atom. The number of methoxy groups -OCH3 is 1. The summed E-state index contributed by atoms with van der Waals surface area (Å²) in [5.74, 6) is 2.90. The topological polar surface area (TPSA) is 88.2 Å². The Morgan fingerprint density at radius 2 is 1.82 bits per heavy atom. The van der Waals surface area contributed by atoms with Gasteiger partial charge in [0.25, 0.3) is 6.02 Å². The van der Waals surface area contributed by atoms with Gasteiger partial charge in [-0.1, -0.05) is 26.8 Å². The highest BCUT2D eigenvalue weighted by Crippen LogP contribution is 2.52. The maximum Gasteiger partial charge on any atom is 0.283 e. The molecule has 3 heterocycles. The zero-order valence-corrected chi connectivity index (χ0v) is 19.2. The SMILES string of the molecule is COc1ccncc1-c1ccc2c(c1)[C@]1(COC(N)=N1)c1cc(OCC(C)(C)C)ccc1O2. The molecule has 1 spiro atoms. The molecule has 1 atom stereocenters. The first-order valence-corrected chi connectivity index (χ1v) is 10.9. The largest absolute Gasteiger partial charge is 0.496 e. The van der Waals surface area contributed by atoms with Crippen molar-refractivity contribution in [1.29, 1.82) is 0 Å². The van der Waals surface area contributed by atoms with E-state index < -0.39 is 5.54 Å². The Kier molecular flexibility index (Phi) is 4.92. The van der Waals surface area contributed by atoms with Crippen molar-refractivity contribution in [2.75, 3.05) is 20.3 Å². The first kappa shape index (κ1) is 21.1. The van der Waals surface area contributed by atoms with Crippen molar-refractivity contribution in [2.45, 2.75) is 26.3 Å². The number of nitrogens with two attached hydrogens (primary N) is 1. The van der Waals surface area contributed by atoms with Crippen LogP contribution in [0.5, 0.6) is 23.0 Å². The molecule has 7 nitrogen and oxygen atoms in total. The first-order chi connectivity index (χ1) is 15.8.